The Hall–Kier alpha value is -2.89. The second-order valence-electron chi connectivity index (χ2n) is 6.70. The predicted molar refractivity (Wildman–Crippen MR) is 115 cm³/mol. The molecule has 0 saturated carbocycles. The number of ether oxygens (including phenoxy) is 2. The molecule has 150 valence electrons. The van der Waals surface area contributed by atoms with Crippen LogP contribution in [0.2, 0.25) is 5.02 Å². The van der Waals surface area contributed by atoms with E-state index in [-0.39, 0.29) is 12.0 Å². The van der Waals surface area contributed by atoms with Crippen molar-refractivity contribution in [3.63, 3.8) is 0 Å². The quantitative estimate of drug-likeness (QED) is 0.545. The molecule has 0 aliphatic carbocycles. The third kappa shape index (κ3) is 5.56. The van der Waals surface area contributed by atoms with E-state index in [0.717, 1.165) is 5.69 Å². The number of hydrogen-bond acceptors (Lipinski definition) is 4. The van der Waals surface area contributed by atoms with Gasteiger partial charge in [0.15, 0.2) is 0 Å². The van der Waals surface area contributed by atoms with Crippen LogP contribution < -0.4 is 10.1 Å². The van der Waals surface area contributed by atoms with Gasteiger partial charge in [-0.2, -0.15) is 0 Å². The highest BCUT2D eigenvalue weighted by Crippen LogP contribution is 2.30. The summed E-state index contributed by atoms with van der Waals surface area (Å²) in [7, 11) is 1.67. The summed E-state index contributed by atoms with van der Waals surface area (Å²) in [5, 5.41) is 3.41. The van der Waals surface area contributed by atoms with E-state index >= 15 is 0 Å². The number of para-hydroxylation sites is 1. The molecule has 1 amide bonds. The summed E-state index contributed by atoms with van der Waals surface area (Å²) >= 11 is 6.14. The van der Waals surface area contributed by atoms with Crippen LogP contribution >= 0.6 is 11.6 Å². The summed E-state index contributed by atoms with van der Waals surface area (Å²) in [4.78, 5) is 17.2. The highest BCUT2D eigenvalue weighted by atomic mass is 35.5. The van der Waals surface area contributed by atoms with Gasteiger partial charge in [-0.15, -0.1) is 0 Å². The van der Waals surface area contributed by atoms with E-state index in [2.05, 4.69) is 10.3 Å². The monoisotopic (exact) mass is 410 g/mol. The molecule has 0 saturated heterocycles. The fourth-order valence-corrected chi connectivity index (χ4v) is 3.01. The molecule has 3 aromatic rings. The molecule has 2 aromatic carbocycles. The molecule has 0 bridgehead atoms. The first-order valence-electron chi connectivity index (χ1n) is 9.29. The van der Waals surface area contributed by atoms with Crippen molar-refractivity contribution in [3.05, 3.63) is 82.6 Å². The maximum atomic E-state index is 12.7. The lowest BCUT2D eigenvalue weighted by Crippen LogP contribution is -2.16. The maximum Gasteiger partial charge on any atom is 0.257 e. The third-order valence-electron chi connectivity index (χ3n) is 4.44. The topological polar surface area (TPSA) is 60.5 Å². The smallest absolute Gasteiger partial charge is 0.257 e. The van der Waals surface area contributed by atoms with Crippen molar-refractivity contribution in [3.8, 4) is 11.5 Å². The Bertz CT molecular complexity index is 1010. The third-order valence-corrected chi connectivity index (χ3v) is 4.76. The Balaban J connectivity index is 1.71. The maximum absolute atomic E-state index is 12.7. The number of carbonyl (C=O) groups is 1. The number of pyridine rings is 1. The SMILES string of the molecule is COC(C)Cc1ccc(C(=O)Nc2cccc(Oc3ccccc3Cl)c2)c(C)n1. The fourth-order valence-electron chi connectivity index (χ4n) is 2.83. The normalized spacial score (nSPS) is 11.7. The average molecular weight is 411 g/mol. The van der Waals surface area contributed by atoms with Gasteiger partial charge in [-0.1, -0.05) is 29.8 Å². The number of nitrogens with one attached hydrogen (secondary N) is 1. The van der Waals surface area contributed by atoms with Gasteiger partial charge in [0, 0.05) is 31.0 Å². The standard InChI is InChI=1S/C23H23ClN2O3/c1-15(28-3)13-18-11-12-20(16(2)25-18)23(27)26-17-7-6-8-19(14-17)29-22-10-5-4-9-21(22)24/h4-12,14-15H,13H2,1-3H3,(H,26,27). The van der Waals surface area contributed by atoms with Gasteiger partial charge in [-0.25, -0.2) is 0 Å². The highest BCUT2D eigenvalue weighted by molar-refractivity contribution is 6.32. The molecular weight excluding hydrogens is 388 g/mol. The second kappa shape index (κ2) is 9.54. The van der Waals surface area contributed by atoms with Crippen LogP contribution in [-0.2, 0) is 11.2 Å². The van der Waals surface area contributed by atoms with Gasteiger partial charge in [0.1, 0.15) is 11.5 Å². The number of carbonyl (C=O) groups excluding carboxylic acids is 1. The van der Waals surface area contributed by atoms with E-state index in [9.17, 15) is 4.79 Å². The Morgan fingerprint density at radius 2 is 1.93 bits per heavy atom. The van der Waals surface area contributed by atoms with Crippen molar-refractivity contribution in [2.24, 2.45) is 0 Å². The molecule has 6 heteroatoms. The number of anilines is 1. The van der Waals surface area contributed by atoms with E-state index in [1.807, 2.05) is 38.1 Å². The fraction of sp³-hybridized carbons (Fsp3) is 0.217. The number of hydrogen-bond donors (Lipinski definition) is 1. The molecule has 3 rings (SSSR count). The molecule has 1 aromatic heterocycles. The molecule has 1 atom stereocenters. The number of rotatable bonds is 7. The van der Waals surface area contributed by atoms with Crippen molar-refractivity contribution in [1.29, 1.82) is 0 Å². The van der Waals surface area contributed by atoms with Crippen molar-refractivity contribution in [2.45, 2.75) is 26.4 Å². The molecule has 1 unspecified atom stereocenters. The Kier molecular flexibility index (Phi) is 6.86. The molecule has 1 N–H and O–H groups in total. The number of aryl methyl sites for hydroxylation is 1. The van der Waals surface area contributed by atoms with Crippen molar-refractivity contribution >= 4 is 23.2 Å². The average Bonchev–Trinajstić information content (AvgIpc) is 2.70. The minimum Gasteiger partial charge on any atom is -0.456 e. The van der Waals surface area contributed by atoms with Gasteiger partial charge in [0.2, 0.25) is 0 Å². The van der Waals surface area contributed by atoms with Crippen LogP contribution in [0.3, 0.4) is 0 Å². The number of amides is 1. The van der Waals surface area contributed by atoms with E-state index < -0.39 is 0 Å². The number of aromatic nitrogens is 1. The zero-order valence-corrected chi connectivity index (χ0v) is 17.4. The first-order valence-corrected chi connectivity index (χ1v) is 9.67. The van der Waals surface area contributed by atoms with Crippen LogP contribution in [0.5, 0.6) is 11.5 Å². The van der Waals surface area contributed by atoms with Crippen LogP contribution in [0.4, 0.5) is 5.69 Å². The summed E-state index contributed by atoms with van der Waals surface area (Å²) in [6, 6.07) is 18.0. The predicted octanol–water partition coefficient (Wildman–Crippen LogP) is 5.67. The summed E-state index contributed by atoms with van der Waals surface area (Å²) in [5.74, 6) is 0.907. The number of methoxy groups -OCH3 is 1. The Morgan fingerprint density at radius 3 is 2.66 bits per heavy atom. The lowest BCUT2D eigenvalue weighted by atomic mass is 10.1. The zero-order chi connectivity index (χ0) is 20.8. The number of nitrogens with zero attached hydrogens (tertiary/aromatic N) is 1. The Labute approximate surface area is 175 Å². The first-order chi connectivity index (χ1) is 14.0. The van der Waals surface area contributed by atoms with Gasteiger partial charge in [-0.05, 0) is 50.2 Å². The lowest BCUT2D eigenvalue weighted by Gasteiger charge is -2.12. The summed E-state index contributed by atoms with van der Waals surface area (Å²) in [5.41, 5.74) is 2.71. The minimum absolute atomic E-state index is 0.0717. The van der Waals surface area contributed by atoms with Gasteiger partial charge >= 0.3 is 0 Å². The molecule has 1 heterocycles. The van der Waals surface area contributed by atoms with Crippen LogP contribution in [-0.4, -0.2) is 24.1 Å². The van der Waals surface area contributed by atoms with Crippen molar-refractivity contribution in [1.82, 2.24) is 4.98 Å². The molecule has 5 nitrogen and oxygen atoms in total. The second-order valence-corrected chi connectivity index (χ2v) is 7.11. The summed E-state index contributed by atoms with van der Waals surface area (Å²) in [6.07, 6.45) is 0.767. The minimum atomic E-state index is -0.226. The summed E-state index contributed by atoms with van der Waals surface area (Å²) in [6.45, 7) is 3.81. The van der Waals surface area contributed by atoms with Crippen molar-refractivity contribution < 1.29 is 14.3 Å². The number of benzene rings is 2. The van der Waals surface area contributed by atoms with Crippen molar-refractivity contribution in [2.75, 3.05) is 12.4 Å². The lowest BCUT2D eigenvalue weighted by molar-refractivity contribution is 0.102. The molecule has 0 fully saturated rings. The molecule has 0 radical (unpaired) electrons. The molecule has 0 aliphatic rings. The van der Waals surface area contributed by atoms with Gasteiger partial charge in [0.25, 0.3) is 5.91 Å². The van der Waals surface area contributed by atoms with E-state index in [1.54, 1.807) is 43.5 Å². The largest absolute Gasteiger partial charge is 0.456 e. The molecule has 0 aliphatic heterocycles. The number of halogens is 1. The molecule has 0 spiro atoms. The van der Waals surface area contributed by atoms with E-state index in [1.165, 1.54) is 0 Å². The van der Waals surface area contributed by atoms with Crippen LogP contribution in [0.15, 0.2) is 60.7 Å². The highest BCUT2D eigenvalue weighted by Gasteiger charge is 2.13. The Morgan fingerprint density at radius 1 is 1.14 bits per heavy atom. The van der Waals surface area contributed by atoms with Gasteiger partial charge < -0.3 is 14.8 Å². The van der Waals surface area contributed by atoms with Gasteiger partial charge in [-0.3, -0.25) is 9.78 Å². The first kappa shape index (κ1) is 20.8. The van der Waals surface area contributed by atoms with Crippen LogP contribution in [0.1, 0.15) is 28.7 Å². The molecule has 29 heavy (non-hydrogen) atoms. The van der Waals surface area contributed by atoms with Gasteiger partial charge in [0.05, 0.1) is 22.4 Å². The zero-order valence-electron chi connectivity index (χ0n) is 16.6. The summed E-state index contributed by atoms with van der Waals surface area (Å²) < 4.78 is 11.1. The molecular formula is C23H23ClN2O3. The van der Waals surface area contributed by atoms with Crippen LogP contribution in [0, 0.1) is 6.92 Å². The van der Waals surface area contributed by atoms with Crippen LogP contribution in [0.25, 0.3) is 0 Å². The van der Waals surface area contributed by atoms with E-state index in [0.29, 0.717) is 39.9 Å². The van der Waals surface area contributed by atoms with E-state index in [4.69, 9.17) is 21.1 Å².